The van der Waals surface area contributed by atoms with Gasteiger partial charge in [0.2, 0.25) is 0 Å². The minimum atomic E-state index is -0.448. The highest BCUT2D eigenvalue weighted by Crippen LogP contribution is 2.29. The molecule has 0 radical (unpaired) electrons. The molecule has 98 valence electrons. The second kappa shape index (κ2) is 5.30. The topological polar surface area (TPSA) is 77.3 Å². The van der Waals surface area contributed by atoms with Gasteiger partial charge in [-0.05, 0) is 24.3 Å². The molecule has 0 aliphatic carbocycles. The molecule has 2 rings (SSSR count). The summed E-state index contributed by atoms with van der Waals surface area (Å²) < 4.78 is 5.34. The average molecular weight is 251 g/mol. The first kappa shape index (κ1) is 12.8. The lowest BCUT2D eigenvalue weighted by Gasteiger charge is -2.33. The number of aromatic nitrogens is 1. The highest BCUT2D eigenvalue weighted by molar-refractivity contribution is 5.40. The van der Waals surface area contributed by atoms with Crippen molar-refractivity contribution in [2.75, 3.05) is 25.1 Å². The van der Waals surface area contributed by atoms with Gasteiger partial charge in [0.05, 0.1) is 4.92 Å². The van der Waals surface area contributed by atoms with E-state index in [1.807, 2.05) is 0 Å². The summed E-state index contributed by atoms with van der Waals surface area (Å²) in [6, 6.07) is 3.10. The molecule has 1 saturated heterocycles. The Bertz CT molecular complexity index is 413. The average Bonchev–Trinajstić information content (AvgIpc) is 2.38. The van der Waals surface area contributed by atoms with E-state index in [1.165, 1.54) is 12.3 Å². The van der Waals surface area contributed by atoms with Gasteiger partial charge >= 0.3 is 0 Å². The summed E-state index contributed by atoms with van der Waals surface area (Å²) in [5, 5.41) is 13.7. The molecule has 1 fully saturated rings. The van der Waals surface area contributed by atoms with Crippen molar-refractivity contribution >= 4 is 11.5 Å². The van der Waals surface area contributed by atoms with E-state index >= 15 is 0 Å². The Morgan fingerprint density at radius 1 is 1.50 bits per heavy atom. The van der Waals surface area contributed by atoms with Crippen LogP contribution in [-0.2, 0) is 4.74 Å². The van der Waals surface area contributed by atoms with Crippen molar-refractivity contribution in [2.24, 2.45) is 5.41 Å². The van der Waals surface area contributed by atoms with Crippen molar-refractivity contribution in [1.82, 2.24) is 4.98 Å². The van der Waals surface area contributed by atoms with Gasteiger partial charge < -0.3 is 10.1 Å². The molecule has 0 amide bonds. The van der Waals surface area contributed by atoms with Crippen LogP contribution in [0.1, 0.15) is 19.8 Å². The second-order valence-corrected chi connectivity index (χ2v) is 4.94. The van der Waals surface area contributed by atoms with E-state index in [2.05, 4.69) is 17.2 Å². The highest BCUT2D eigenvalue weighted by Gasteiger charge is 2.27. The van der Waals surface area contributed by atoms with Crippen LogP contribution in [0.4, 0.5) is 11.5 Å². The first-order chi connectivity index (χ1) is 8.59. The monoisotopic (exact) mass is 251 g/mol. The van der Waals surface area contributed by atoms with Crippen molar-refractivity contribution in [3.8, 4) is 0 Å². The Kier molecular flexibility index (Phi) is 3.76. The van der Waals surface area contributed by atoms with Gasteiger partial charge in [-0.1, -0.05) is 6.92 Å². The lowest BCUT2D eigenvalue weighted by atomic mass is 9.82. The standard InChI is InChI=1S/C12H17N3O3/c1-12(4-6-18-7-5-12)9-14-11-3-2-10(8-13-11)15(16)17/h2-3,8H,4-7,9H2,1H3,(H,13,14). The Balaban J connectivity index is 1.91. The van der Waals surface area contributed by atoms with Crippen molar-refractivity contribution in [3.05, 3.63) is 28.4 Å². The van der Waals surface area contributed by atoms with Crippen molar-refractivity contribution in [3.63, 3.8) is 0 Å². The Labute approximate surface area is 106 Å². The first-order valence-corrected chi connectivity index (χ1v) is 6.01. The van der Waals surface area contributed by atoms with E-state index in [1.54, 1.807) is 6.07 Å². The molecule has 0 saturated carbocycles. The molecule has 0 bridgehead atoms. The second-order valence-electron chi connectivity index (χ2n) is 4.94. The predicted octanol–water partition coefficient (Wildman–Crippen LogP) is 2.22. The van der Waals surface area contributed by atoms with Crippen LogP contribution in [-0.4, -0.2) is 29.7 Å². The summed E-state index contributed by atoms with van der Waals surface area (Å²) in [6.45, 7) is 4.62. The first-order valence-electron chi connectivity index (χ1n) is 6.01. The zero-order chi connectivity index (χ0) is 13.0. The van der Waals surface area contributed by atoms with Gasteiger partial charge in [-0.2, -0.15) is 0 Å². The third-order valence-corrected chi connectivity index (χ3v) is 3.35. The van der Waals surface area contributed by atoms with Gasteiger partial charge in [0.25, 0.3) is 5.69 Å². The van der Waals surface area contributed by atoms with Crippen LogP contribution in [0, 0.1) is 15.5 Å². The molecule has 0 atom stereocenters. The summed E-state index contributed by atoms with van der Waals surface area (Å²) in [5.41, 5.74) is 0.222. The maximum absolute atomic E-state index is 10.5. The van der Waals surface area contributed by atoms with E-state index < -0.39 is 4.92 Å². The molecule has 0 aromatic carbocycles. The molecule has 0 spiro atoms. The molecule has 1 aliphatic heterocycles. The molecule has 2 heterocycles. The number of hydrogen-bond donors (Lipinski definition) is 1. The molecule has 1 aromatic rings. The van der Waals surface area contributed by atoms with E-state index in [9.17, 15) is 10.1 Å². The van der Waals surface area contributed by atoms with Gasteiger partial charge in [0.1, 0.15) is 12.0 Å². The number of rotatable bonds is 4. The largest absolute Gasteiger partial charge is 0.381 e. The van der Waals surface area contributed by atoms with E-state index in [4.69, 9.17) is 4.74 Å². The molecule has 1 aromatic heterocycles. The van der Waals surface area contributed by atoms with Gasteiger partial charge in [0.15, 0.2) is 0 Å². The van der Waals surface area contributed by atoms with Crippen LogP contribution in [0.5, 0.6) is 0 Å². The van der Waals surface area contributed by atoms with Crippen LogP contribution in [0.15, 0.2) is 18.3 Å². The summed E-state index contributed by atoms with van der Waals surface area (Å²) in [6.07, 6.45) is 3.31. The Hall–Kier alpha value is -1.69. The smallest absolute Gasteiger partial charge is 0.287 e. The fraction of sp³-hybridized carbons (Fsp3) is 0.583. The summed E-state index contributed by atoms with van der Waals surface area (Å²) in [4.78, 5) is 14.1. The molecule has 6 heteroatoms. The number of nitro groups is 1. The number of hydrogen-bond acceptors (Lipinski definition) is 5. The fourth-order valence-corrected chi connectivity index (χ4v) is 1.94. The van der Waals surface area contributed by atoms with Crippen molar-refractivity contribution in [2.45, 2.75) is 19.8 Å². The molecular weight excluding hydrogens is 234 g/mol. The highest BCUT2D eigenvalue weighted by atomic mass is 16.6. The van der Waals surface area contributed by atoms with Crippen LogP contribution < -0.4 is 5.32 Å². The molecule has 18 heavy (non-hydrogen) atoms. The van der Waals surface area contributed by atoms with Crippen LogP contribution in [0.3, 0.4) is 0 Å². The van der Waals surface area contributed by atoms with Crippen molar-refractivity contribution in [1.29, 1.82) is 0 Å². The molecule has 6 nitrogen and oxygen atoms in total. The molecular formula is C12H17N3O3. The predicted molar refractivity (Wildman–Crippen MR) is 67.5 cm³/mol. The quantitative estimate of drug-likeness (QED) is 0.655. The summed E-state index contributed by atoms with van der Waals surface area (Å²) >= 11 is 0. The third-order valence-electron chi connectivity index (χ3n) is 3.35. The molecule has 0 unspecified atom stereocenters. The minimum absolute atomic E-state index is 0.0119. The number of anilines is 1. The van der Waals surface area contributed by atoms with E-state index in [-0.39, 0.29) is 11.1 Å². The van der Waals surface area contributed by atoms with Gasteiger partial charge in [-0.3, -0.25) is 10.1 Å². The number of pyridine rings is 1. The minimum Gasteiger partial charge on any atom is -0.381 e. The van der Waals surface area contributed by atoms with Crippen LogP contribution in [0.2, 0.25) is 0 Å². The lowest BCUT2D eigenvalue weighted by Crippen LogP contribution is -2.33. The normalized spacial score (nSPS) is 18.3. The van der Waals surface area contributed by atoms with Gasteiger partial charge in [-0.15, -0.1) is 0 Å². The number of nitrogens with one attached hydrogen (secondary N) is 1. The van der Waals surface area contributed by atoms with Gasteiger partial charge in [-0.25, -0.2) is 4.98 Å². The van der Waals surface area contributed by atoms with E-state index in [0.29, 0.717) is 5.82 Å². The summed E-state index contributed by atoms with van der Waals surface area (Å²) in [7, 11) is 0. The Morgan fingerprint density at radius 3 is 2.78 bits per heavy atom. The van der Waals surface area contributed by atoms with Crippen LogP contribution >= 0.6 is 0 Å². The zero-order valence-electron chi connectivity index (χ0n) is 10.4. The maximum atomic E-state index is 10.5. The molecule has 1 aliphatic rings. The van der Waals surface area contributed by atoms with Crippen molar-refractivity contribution < 1.29 is 9.66 Å². The fourth-order valence-electron chi connectivity index (χ4n) is 1.94. The zero-order valence-corrected chi connectivity index (χ0v) is 10.4. The van der Waals surface area contributed by atoms with Gasteiger partial charge in [0, 0.05) is 25.8 Å². The maximum Gasteiger partial charge on any atom is 0.287 e. The lowest BCUT2D eigenvalue weighted by molar-refractivity contribution is -0.385. The summed E-state index contributed by atoms with van der Waals surface area (Å²) in [5.74, 6) is 0.674. The third kappa shape index (κ3) is 3.16. The number of ether oxygens (including phenoxy) is 1. The molecule has 1 N–H and O–H groups in total. The Morgan fingerprint density at radius 2 is 2.22 bits per heavy atom. The van der Waals surface area contributed by atoms with Crippen LogP contribution in [0.25, 0.3) is 0 Å². The van der Waals surface area contributed by atoms with E-state index in [0.717, 1.165) is 32.6 Å². The SMILES string of the molecule is CC1(CNc2ccc([N+](=O)[O-])cn2)CCOCC1. The number of nitrogens with zero attached hydrogens (tertiary/aromatic N) is 2.